The highest BCUT2D eigenvalue weighted by molar-refractivity contribution is 5.81. The second-order valence-electron chi connectivity index (χ2n) is 4.51. The molecule has 0 aromatic carbocycles. The van der Waals surface area contributed by atoms with E-state index in [0.717, 1.165) is 12.8 Å². The van der Waals surface area contributed by atoms with E-state index in [1.807, 2.05) is 6.92 Å². The first-order chi connectivity index (χ1) is 5.90. The second-order valence-corrected chi connectivity index (χ2v) is 4.51. The van der Waals surface area contributed by atoms with Crippen molar-refractivity contribution in [2.75, 3.05) is 0 Å². The van der Waals surface area contributed by atoms with Gasteiger partial charge in [0, 0.05) is 24.3 Å². The minimum Gasteiger partial charge on any atom is -0.351 e. The largest absolute Gasteiger partial charge is 0.351 e. The predicted octanol–water partition coefficient (Wildman–Crippen LogP) is 1.70. The molecule has 0 atom stereocenters. The van der Waals surface area contributed by atoms with Gasteiger partial charge in [0.2, 0.25) is 11.8 Å². The predicted molar refractivity (Wildman–Crippen MR) is 43.5 cm³/mol. The van der Waals surface area contributed by atoms with Crippen molar-refractivity contribution in [3.63, 3.8) is 0 Å². The van der Waals surface area contributed by atoms with E-state index in [9.17, 15) is 13.6 Å². The maximum absolute atomic E-state index is 12.4. The topological polar surface area (TPSA) is 29.1 Å². The summed E-state index contributed by atoms with van der Waals surface area (Å²) in [6, 6.07) is 0. The molecule has 0 saturated heterocycles. The fraction of sp³-hybridized carbons (Fsp3) is 0.889. The summed E-state index contributed by atoms with van der Waals surface area (Å²) in [4.78, 5) is 11.3. The first kappa shape index (κ1) is 8.91. The summed E-state index contributed by atoms with van der Waals surface area (Å²) in [5, 5.41) is 2.80. The molecule has 0 unspecified atom stereocenters. The summed E-state index contributed by atoms with van der Waals surface area (Å²) >= 11 is 0. The minimum absolute atomic E-state index is 0.0814. The fourth-order valence-corrected chi connectivity index (χ4v) is 1.56. The smallest absolute Gasteiger partial charge is 0.249 e. The summed E-state index contributed by atoms with van der Waals surface area (Å²) in [7, 11) is 0. The van der Waals surface area contributed by atoms with Crippen molar-refractivity contribution in [3.05, 3.63) is 0 Å². The Labute approximate surface area is 75.7 Å². The number of carbonyl (C=O) groups is 1. The van der Waals surface area contributed by atoms with Gasteiger partial charge >= 0.3 is 0 Å². The first-order valence-electron chi connectivity index (χ1n) is 4.60. The molecule has 0 aromatic heterocycles. The summed E-state index contributed by atoms with van der Waals surface area (Å²) in [6.45, 7) is 1.95. The van der Waals surface area contributed by atoms with Gasteiger partial charge in [-0.15, -0.1) is 0 Å². The standard InChI is InChI=1S/C9H13F2NO/c1-8(2-3-8)12-7(13)6-4-9(10,11)5-6/h6H,2-5H2,1H3,(H,12,13). The number of rotatable bonds is 2. The molecule has 2 nitrogen and oxygen atoms in total. The number of halogens is 2. The molecule has 74 valence electrons. The van der Waals surface area contributed by atoms with Crippen LogP contribution in [0.25, 0.3) is 0 Å². The van der Waals surface area contributed by atoms with Crippen LogP contribution in [0.5, 0.6) is 0 Å². The van der Waals surface area contributed by atoms with Crippen molar-refractivity contribution < 1.29 is 13.6 Å². The van der Waals surface area contributed by atoms with Crippen LogP contribution in [0.1, 0.15) is 32.6 Å². The average molecular weight is 189 g/mol. The number of carbonyl (C=O) groups excluding carboxylic acids is 1. The van der Waals surface area contributed by atoms with Crippen LogP contribution in [0.2, 0.25) is 0 Å². The van der Waals surface area contributed by atoms with Crippen LogP contribution in [0.15, 0.2) is 0 Å². The van der Waals surface area contributed by atoms with Gasteiger partial charge < -0.3 is 5.32 Å². The Morgan fingerprint density at radius 1 is 1.38 bits per heavy atom. The van der Waals surface area contributed by atoms with E-state index in [0.29, 0.717) is 0 Å². The zero-order valence-electron chi connectivity index (χ0n) is 7.57. The van der Waals surface area contributed by atoms with E-state index in [1.165, 1.54) is 0 Å². The molecular formula is C9H13F2NO. The zero-order chi connectivity index (χ0) is 9.69. The van der Waals surface area contributed by atoms with Crippen LogP contribution in [0.3, 0.4) is 0 Å². The molecule has 4 heteroatoms. The second kappa shape index (κ2) is 2.42. The molecule has 0 aromatic rings. The molecule has 2 aliphatic carbocycles. The van der Waals surface area contributed by atoms with E-state index in [2.05, 4.69) is 5.32 Å². The Morgan fingerprint density at radius 2 is 1.92 bits per heavy atom. The van der Waals surface area contributed by atoms with Crippen LogP contribution in [0, 0.1) is 5.92 Å². The highest BCUT2D eigenvalue weighted by atomic mass is 19.3. The molecular weight excluding hydrogens is 176 g/mol. The van der Waals surface area contributed by atoms with Gasteiger partial charge in [0.1, 0.15) is 0 Å². The summed E-state index contributed by atoms with van der Waals surface area (Å²) in [6.07, 6.45) is 1.41. The summed E-state index contributed by atoms with van der Waals surface area (Å²) in [5.41, 5.74) is -0.0814. The highest BCUT2D eigenvalue weighted by Crippen LogP contribution is 2.43. The van der Waals surface area contributed by atoms with E-state index in [-0.39, 0.29) is 24.3 Å². The average Bonchev–Trinajstić information content (AvgIpc) is 2.62. The third kappa shape index (κ3) is 1.81. The van der Waals surface area contributed by atoms with Gasteiger partial charge in [-0.1, -0.05) is 0 Å². The Bertz CT molecular complexity index is 240. The molecule has 0 radical (unpaired) electrons. The van der Waals surface area contributed by atoms with Crippen molar-refractivity contribution in [2.24, 2.45) is 5.92 Å². The molecule has 13 heavy (non-hydrogen) atoms. The SMILES string of the molecule is CC1(NC(=O)C2CC(F)(F)C2)CC1. The Kier molecular flexibility index (Phi) is 1.66. The molecule has 2 rings (SSSR count). The Morgan fingerprint density at radius 3 is 2.31 bits per heavy atom. The van der Waals surface area contributed by atoms with Crippen molar-refractivity contribution in [3.8, 4) is 0 Å². The van der Waals surface area contributed by atoms with Gasteiger partial charge in [-0.3, -0.25) is 4.79 Å². The van der Waals surface area contributed by atoms with E-state index in [4.69, 9.17) is 0 Å². The van der Waals surface area contributed by atoms with Crippen molar-refractivity contribution in [1.82, 2.24) is 5.32 Å². The third-order valence-corrected chi connectivity index (χ3v) is 2.89. The molecule has 2 saturated carbocycles. The van der Waals surface area contributed by atoms with Gasteiger partial charge in [0.05, 0.1) is 0 Å². The van der Waals surface area contributed by atoms with Gasteiger partial charge in [-0.25, -0.2) is 8.78 Å². The van der Waals surface area contributed by atoms with Crippen LogP contribution >= 0.6 is 0 Å². The quantitative estimate of drug-likeness (QED) is 0.703. The molecule has 0 heterocycles. The van der Waals surface area contributed by atoms with Crippen molar-refractivity contribution in [2.45, 2.75) is 44.1 Å². The first-order valence-corrected chi connectivity index (χ1v) is 4.60. The molecule has 0 spiro atoms. The maximum Gasteiger partial charge on any atom is 0.249 e. The summed E-state index contributed by atoms with van der Waals surface area (Å²) < 4.78 is 24.8. The molecule has 0 bridgehead atoms. The lowest BCUT2D eigenvalue weighted by Gasteiger charge is -2.34. The van der Waals surface area contributed by atoms with E-state index >= 15 is 0 Å². The molecule has 2 fully saturated rings. The van der Waals surface area contributed by atoms with Gasteiger partial charge in [0.15, 0.2) is 0 Å². The lowest BCUT2D eigenvalue weighted by atomic mass is 9.80. The molecule has 1 N–H and O–H groups in total. The van der Waals surface area contributed by atoms with Crippen molar-refractivity contribution in [1.29, 1.82) is 0 Å². The zero-order valence-corrected chi connectivity index (χ0v) is 7.57. The van der Waals surface area contributed by atoms with Crippen LogP contribution < -0.4 is 5.32 Å². The Hall–Kier alpha value is -0.670. The van der Waals surface area contributed by atoms with Crippen molar-refractivity contribution >= 4 is 5.91 Å². The number of hydrogen-bond donors (Lipinski definition) is 1. The monoisotopic (exact) mass is 189 g/mol. The third-order valence-electron chi connectivity index (χ3n) is 2.89. The van der Waals surface area contributed by atoms with Crippen LogP contribution in [-0.2, 0) is 4.79 Å². The van der Waals surface area contributed by atoms with Gasteiger partial charge in [0.25, 0.3) is 0 Å². The van der Waals surface area contributed by atoms with Crippen LogP contribution in [-0.4, -0.2) is 17.4 Å². The number of nitrogens with one attached hydrogen (secondary N) is 1. The van der Waals surface area contributed by atoms with Gasteiger partial charge in [-0.05, 0) is 19.8 Å². The van der Waals surface area contributed by atoms with Gasteiger partial charge in [-0.2, -0.15) is 0 Å². The molecule has 1 amide bonds. The fourth-order valence-electron chi connectivity index (χ4n) is 1.56. The Balaban J connectivity index is 1.80. The van der Waals surface area contributed by atoms with Crippen LogP contribution in [0.4, 0.5) is 8.78 Å². The molecule has 0 aliphatic heterocycles. The highest BCUT2D eigenvalue weighted by Gasteiger charge is 2.50. The minimum atomic E-state index is -2.59. The normalized spacial score (nSPS) is 29.2. The number of amides is 1. The maximum atomic E-state index is 12.4. The van der Waals surface area contributed by atoms with E-state index in [1.54, 1.807) is 0 Å². The number of hydrogen-bond acceptors (Lipinski definition) is 1. The summed E-state index contributed by atoms with van der Waals surface area (Å²) in [5.74, 6) is -3.23. The van der Waals surface area contributed by atoms with E-state index < -0.39 is 11.8 Å². The lowest BCUT2D eigenvalue weighted by Crippen LogP contribution is -2.47. The number of alkyl halides is 2. The molecule has 2 aliphatic rings. The lowest BCUT2D eigenvalue weighted by molar-refractivity contribution is -0.150.